The van der Waals surface area contributed by atoms with E-state index in [2.05, 4.69) is 30.0 Å². The number of halogens is 1. The van der Waals surface area contributed by atoms with E-state index < -0.39 is 0 Å². The molecule has 0 aromatic carbocycles. The summed E-state index contributed by atoms with van der Waals surface area (Å²) in [5.74, 6) is 1.49. The normalized spacial score (nSPS) is 23.8. The molecule has 2 N–H and O–H groups in total. The molecule has 0 aliphatic carbocycles. The lowest BCUT2D eigenvalue weighted by Crippen LogP contribution is -2.43. The molecule has 2 unspecified atom stereocenters. The zero-order chi connectivity index (χ0) is 11.3. The fourth-order valence-corrected chi connectivity index (χ4v) is 2.02. The maximum Gasteiger partial charge on any atom is 0.191 e. The van der Waals surface area contributed by atoms with E-state index in [0.717, 1.165) is 31.5 Å². The van der Waals surface area contributed by atoms with Crippen molar-refractivity contribution in [1.82, 2.24) is 4.90 Å². The molecular weight excluding hydrogens is 333 g/mol. The van der Waals surface area contributed by atoms with Crippen LogP contribution in [0.2, 0.25) is 0 Å². The Morgan fingerprint density at radius 2 is 2.31 bits per heavy atom. The van der Waals surface area contributed by atoms with Crippen molar-refractivity contribution in [2.75, 3.05) is 25.9 Å². The number of hydrogen-bond donors (Lipinski definition) is 1. The second-order valence-corrected chi connectivity index (χ2v) is 5.71. The van der Waals surface area contributed by atoms with Crippen LogP contribution in [0.15, 0.2) is 4.99 Å². The minimum atomic E-state index is 0. The van der Waals surface area contributed by atoms with Gasteiger partial charge in [0.1, 0.15) is 0 Å². The monoisotopic (exact) mass is 357 g/mol. The average molecular weight is 357 g/mol. The summed E-state index contributed by atoms with van der Waals surface area (Å²) in [7, 11) is 0. The molecule has 0 aromatic heterocycles. The van der Waals surface area contributed by atoms with Crippen molar-refractivity contribution in [2.45, 2.75) is 31.9 Å². The van der Waals surface area contributed by atoms with Crippen molar-refractivity contribution >= 4 is 41.7 Å². The first kappa shape index (κ1) is 16.4. The second kappa shape index (κ2) is 8.44. The minimum Gasteiger partial charge on any atom is -0.370 e. The first-order valence-electron chi connectivity index (χ1n) is 5.71. The van der Waals surface area contributed by atoms with Crippen molar-refractivity contribution in [3.63, 3.8) is 0 Å². The molecule has 0 bridgehead atoms. The highest BCUT2D eigenvalue weighted by Crippen LogP contribution is 2.15. The van der Waals surface area contributed by atoms with Crippen molar-refractivity contribution in [3.8, 4) is 0 Å². The van der Waals surface area contributed by atoms with Crippen LogP contribution in [0.25, 0.3) is 0 Å². The third kappa shape index (κ3) is 5.61. The summed E-state index contributed by atoms with van der Waals surface area (Å²) >= 11 is 1.83. The molecule has 16 heavy (non-hydrogen) atoms. The van der Waals surface area contributed by atoms with Crippen LogP contribution >= 0.6 is 35.7 Å². The van der Waals surface area contributed by atoms with Gasteiger partial charge in [-0.05, 0) is 25.0 Å². The van der Waals surface area contributed by atoms with Crippen molar-refractivity contribution in [1.29, 1.82) is 0 Å². The fourth-order valence-electron chi connectivity index (χ4n) is 1.79. The van der Waals surface area contributed by atoms with Gasteiger partial charge in [0.05, 0.1) is 6.54 Å². The molecule has 5 heteroatoms. The predicted molar refractivity (Wildman–Crippen MR) is 84.9 cm³/mol. The van der Waals surface area contributed by atoms with Crippen LogP contribution in [0.1, 0.15) is 26.7 Å². The molecule has 1 fully saturated rings. The third-order valence-corrected chi connectivity index (χ3v) is 3.85. The highest BCUT2D eigenvalue weighted by atomic mass is 127. The molecule has 1 heterocycles. The number of hydrogen-bond acceptors (Lipinski definition) is 2. The zero-order valence-electron chi connectivity index (χ0n) is 10.5. The lowest BCUT2D eigenvalue weighted by molar-refractivity contribution is 0.270. The summed E-state index contributed by atoms with van der Waals surface area (Å²) in [6.45, 7) is 7.44. The number of piperidine rings is 1. The maximum absolute atomic E-state index is 5.98. The van der Waals surface area contributed by atoms with Crippen LogP contribution in [0, 0.1) is 5.92 Å². The van der Waals surface area contributed by atoms with Gasteiger partial charge in [0, 0.05) is 18.3 Å². The summed E-state index contributed by atoms with van der Waals surface area (Å²) in [5, 5.41) is 0.561. The Kier molecular flexibility index (Phi) is 8.63. The minimum absolute atomic E-state index is 0. The lowest BCUT2D eigenvalue weighted by atomic mass is 10.0. The van der Waals surface area contributed by atoms with E-state index in [1.807, 2.05) is 11.8 Å². The number of rotatable bonds is 3. The van der Waals surface area contributed by atoms with Gasteiger partial charge in [0.2, 0.25) is 0 Å². The van der Waals surface area contributed by atoms with Gasteiger partial charge >= 0.3 is 0 Å². The summed E-state index contributed by atoms with van der Waals surface area (Å²) in [5.41, 5.74) is 5.98. The Morgan fingerprint density at radius 3 is 2.88 bits per heavy atom. The fraction of sp³-hybridized carbons (Fsp3) is 0.909. The molecule has 1 aliphatic rings. The first-order chi connectivity index (χ1) is 7.13. The van der Waals surface area contributed by atoms with Crippen LogP contribution in [0.3, 0.4) is 0 Å². The van der Waals surface area contributed by atoms with Crippen LogP contribution < -0.4 is 5.73 Å². The number of nitrogens with zero attached hydrogens (tertiary/aromatic N) is 2. The second-order valence-electron chi connectivity index (χ2n) is 4.44. The molecule has 1 aliphatic heterocycles. The standard InChI is InChI=1S/C11H23N3S.HI/c1-9-5-4-6-14(8-9)11(12)13-7-10(2)15-3;/h9-10H,4-8H2,1-3H3,(H2,12,13);1H. The molecule has 0 radical (unpaired) electrons. The molecule has 96 valence electrons. The molecule has 3 nitrogen and oxygen atoms in total. The number of thioether (sulfide) groups is 1. The summed E-state index contributed by atoms with van der Waals surface area (Å²) in [4.78, 5) is 6.68. The Balaban J connectivity index is 0.00000225. The summed E-state index contributed by atoms with van der Waals surface area (Å²) in [6, 6.07) is 0. The largest absolute Gasteiger partial charge is 0.370 e. The van der Waals surface area contributed by atoms with E-state index in [1.54, 1.807) is 0 Å². The zero-order valence-corrected chi connectivity index (χ0v) is 13.6. The van der Waals surface area contributed by atoms with E-state index in [0.29, 0.717) is 5.25 Å². The molecule has 1 saturated heterocycles. The Labute approximate surface area is 121 Å². The quantitative estimate of drug-likeness (QED) is 0.479. The van der Waals surface area contributed by atoms with Crippen molar-refractivity contribution < 1.29 is 0 Å². The molecule has 0 amide bonds. The van der Waals surface area contributed by atoms with Crippen LogP contribution in [-0.2, 0) is 0 Å². The van der Waals surface area contributed by atoms with Gasteiger partial charge in [-0.3, -0.25) is 4.99 Å². The van der Waals surface area contributed by atoms with Crippen molar-refractivity contribution in [3.05, 3.63) is 0 Å². The van der Waals surface area contributed by atoms with Gasteiger partial charge in [-0.2, -0.15) is 11.8 Å². The Morgan fingerprint density at radius 1 is 1.62 bits per heavy atom. The molecule has 0 aromatic rings. The Hall–Kier alpha value is 0.350. The number of aliphatic imine (C=N–C) groups is 1. The van der Waals surface area contributed by atoms with Gasteiger partial charge in [-0.15, -0.1) is 24.0 Å². The van der Waals surface area contributed by atoms with Crippen LogP contribution in [-0.4, -0.2) is 42.0 Å². The molecule has 2 atom stereocenters. The van der Waals surface area contributed by atoms with E-state index in [4.69, 9.17) is 5.73 Å². The van der Waals surface area contributed by atoms with E-state index in [-0.39, 0.29) is 24.0 Å². The van der Waals surface area contributed by atoms with E-state index in [9.17, 15) is 0 Å². The first-order valence-corrected chi connectivity index (χ1v) is 7.00. The molecule has 1 rings (SSSR count). The van der Waals surface area contributed by atoms with Gasteiger partial charge in [0.15, 0.2) is 5.96 Å². The third-order valence-electron chi connectivity index (χ3n) is 2.89. The van der Waals surface area contributed by atoms with Gasteiger partial charge in [0.25, 0.3) is 0 Å². The average Bonchev–Trinajstić information content (AvgIpc) is 2.25. The van der Waals surface area contributed by atoms with Crippen LogP contribution in [0.4, 0.5) is 0 Å². The molecular formula is C11H24IN3S. The molecule has 0 saturated carbocycles. The van der Waals surface area contributed by atoms with E-state index >= 15 is 0 Å². The van der Waals surface area contributed by atoms with Crippen molar-refractivity contribution in [2.24, 2.45) is 16.6 Å². The summed E-state index contributed by atoms with van der Waals surface area (Å²) in [6.07, 6.45) is 4.68. The highest BCUT2D eigenvalue weighted by Gasteiger charge is 2.17. The van der Waals surface area contributed by atoms with E-state index in [1.165, 1.54) is 12.8 Å². The van der Waals surface area contributed by atoms with Gasteiger partial charge in [-0.25, -0.2) is 0 Å². The topological polar surface area (TPSA) is 41.6 Å². The van der Waals surface area contributed by atoms with Gasteiger partial charge < -0.3 is 10.6 Å². The Bertz CT molecular complexity index is 223. The van der Waals surface area contributed by atoms with Gasteiger partial charge in [-0.1, -0.05) is 13.8 Å². The highest BCUT2D eigenvalue weighted by molar-refractivity contribution is 14.0. The smallest absolute Gasteiger partial charge is 0.191 e. The number of guanidine groups is 1. The maximum atomic E-state index is 5.98. The predicted octanol–water partition coefficient (Wildman–Crippen LogP) is 2.40. The summed E-state index contributed by atoms with van der Waals surface area (Å²) < 4.78 is 0. The number of likely N-dealkylation sites (tertiary alicyclic amines) is 1. The SMILES string of the molecule is CSC(C)CN=C(N)N1CCCC(C)C1.I. The number of nitrogens with two attached hydrogens (primary N) is 1. The van der Waals surface area contributed by atoms with Crippen LogP contribution in [0.5, 0.6) is 0 Å². The lowest BCUT2D eigenvalue weighted by Gasteiger charge is -2.31. The molecule has 0 spiro atoms.